The minimum Gasteiger partial charge on any atom is -0.485 e. The molecule has 38 heavy (non-hydrogen) atoms. The van der Waals surface area contributed by atoms with E-state index in [4.69, 9.17) is 9.47 Å². The van der Waals surface area contributed by atoms with Crippen LogP contribution < -0.4 is 9.47 Å². The molecule has 4 aromatic carbocycles. The largest absolute Gasteiger partial charge is 0.485 e. The van der Waals surface area contributed by atoms with Gasteiger partial charge in [-0.3, -0.25) is 9.97 Å². The van der Waals surface area contributed by atoms with E-state index < -0.39 is 0 Å². The maximum Gasteiger partial charge on any atom is 0.142 e. The second-order valence-electron chi connectivity index (χ2n) is 8.79. The van der Waals surface area contributed by atoms with E-state index in [1.54, 1.807) is 12.4 Å². The third-order valence-electron chi connectivity index (χ3n) is 6.34. The van der Waals surface area contributed by atoms with Crippen molar-refractivity contribution < 1.29 is 9.47 Å². The summed E-state index contributed by atoms with van der Waals surface area (Å²) >= 11 is 7.63. The summed E-state index contributed by atoms with van der Waals surface area (Å²) in [6, 6.07) is 32.5. The van der Waals surface area contributed by atoms with Gasteiger partial charge < -0.3 is 9.47 Å². The Balaban J connectivity index is 1.60. The van der Waals surface area contributed by atoms with Gasteiger partial charge in [-0.05, 0) is 89.8 Å². The van der Waals surface area contributed by atoms with Crippen molar-refractivity contribution in [2.24, 2.45) is 0 Å². The number of fused-ring (bicyclic) bond motifs is 2. The monoisotopic (exact) mass is 624 g/mol. The normalized spacial score (nSPS) is 11.1. The van der Waals surface area contributed by atoms with Gasteiger partial charge >= 0.3 is 0 Å². The molecule has 0 radical (unpaired) electrons. The minimum atomic E-state index is 0.334. The Morgan fingerprint density at radius 1 is 0.526 bits per heavy atom. The number of hydrogen-bond donors (Lipinski definition) is 0. The molecule has 6 rings (SSSR count). The molecule has 0 saturated heterocycles. The molecule has 0 aliphatic carbocycles. The van der Waals surface area contributed by atoms with E-state index in [1.807, 2.05) is 48.5 Å². The smallest absolute Gasteiger partial charge is 0.142 e. The van der Waals surface area contributed by atoms with Crippen LogP contribution in [0.2, 0.25) is 0 Å². The maximum absolute atomic E-state index is 6.53. The second-order valence-corrected chi connectivity index (χ2v) is 10.5. The van der Waals surface area contributed by atoms with E-state index in [0.717, 1.165) is 64.5 Å². The molecule has 2 heterocycles. The van der Waals surface area contributed by atoms with Crippen molar-refractivity contribution in [3.05, 3.63) is 130 Å². The van der Waals surface area contributed by atoms with Crippen LogP contribution in [0.3, 0.4) is 0 Å². The third-order valence-corrected chi connectivity index (χ3v) is 7.52. The topological polar surface area (TPSA) is 44.2 Å². The molecule has 0 fully saturated rings. The molecule has 0 bridgehead atoms. The van der Waals surface area contributed by atoms with Crippen LogP contribution in [0.15, 0.2) is 118 Å². The van der Waals surface area contributed by atoms with Crippen molar-refractivity contribution in [3.63, 3.8) is 0 Å². The first-order valence-electron chi connectivity index (χ1n) is 12.2. The summed E-state index contributed by atoms with van der Waals surface area (Å²) in [5.74, 6) is 1.47. The zero-order valence-corrected chi connectivity index (χ0v) is 23.4. The Kier molecular flexibility index (Phi) is 7.08. The van der Waals surface area contributed by atoms with E-state index in [2.05, 4.69) is 90.4 Å². The van der Waals surface area contributed by atoms with E-state index >= 15 is 0 Å². The Hall–Kier alpha value is -3.74. The first-order valence-corrected chi connectivity index (χ1v) is 13.8. The van der Waals surface area contributed by atoms with Crippen molar-refractivity contribution in [1.82, 2.24) is 9.97 Å². The Bertz CT molecular complexity index is 1610. The van der Waals surface area contributed by atoms with Crippen molar-refractivity contribution in [2.45, 2.75) is 13.2 Å². The number of nitrogens with zero attached hydrogens (tertiary/aromatic N) is 2. The Morgan fingerprint density at radius 3 is 1.37 bits per heavy atom. The highest BCUT2D eigenvalue weighted by molar-refractivity contribution is 9.11. The molecule has 0 N–H and O–H groups in total. The zero-order chi connectivity index (χ0) is 25.9. The van der Waals surface area contributed by atoms with Gasteiger partial charge in [-0.15, -0.1) is 0 Å². The summed E-state index contributed by atoms with van der Waals surface area (Å²) in [5, 5.41) is 4.33. The lowest BCUT2D eigenvalue weighted by Gasteiger charge is -2.21. The molecule has 0 aliphatic heterocycles. The molecule has 0 saturated carbocycles. The summed E-state index contributed by atoms with van der Waals surface area (Å²) in [6.07, 6.45) is 3.56. The molecule has 0 amide bonds. The zero-order valence-electron chi connectivity index (χ0n) is 20.3. The first-order chi connectivity index (χ1) is 18.7. The highest BCUT2D eigenvalue weighted by Gasteiger charge is 2.23. The van der Waals surface area contributed by atoms with E-state index in [9.17, 15) is 0 Å². The van der Waals surface area contributed by atoms with Crippen LogP contribution >= 0.6 is 31.9 Å². The molecule has 0 aliphatic rings. The molecule has 0 atom stereocenters. The van der Waals surface area contributed by atoms with E-state index in [-0.39, 0.29) is 0 Å². The molecule has 4 nitrogen and oxygen atoms in total. The summed E-state index contributed by atoms with van der Waals surface area (Å²) in [4.78, 5) is 8.91. The predicted octanol–water partition coefficient (Wildman–Crippen LogP) is 9.13. The highest BCUT2D eigenvalue weighted by atomic mass is 79.9. The van der Waals surface area contributed by atoms with E-state index in [1.165, 1.54) is 0 Å². The highest BCUT2D eigenvalue weighted by Crippen LogP contribution is 2.51. The van der Waals surface area contributed by atoms with Crippen LogP contribution in [-0.2, 0) is 13.2 Å². The number of ether oxygens (including phenoxy) is 2. The Labute approximate surface area is 237 Å². The number of aromatic nitrogens is 2. The number of halogens is 2. The van der Waals surface area contributed by atoms with Crippen molar-refractivity contribution in [1.29, 1.82) is 0 Å². The molecular formula is C32H22Br2N2O2. The second kappa shape index (κ2) is 10.9. The molecule has 0 unspecified atom stereocenters. The van der Waals surface area contributed by atoms with Crippen LogP contribution in [0.1, 0.15) is 11.4 Å². The van der Waals surface area contributed by atoms with Gasteiger partial charge in [-0.25, -0.2) is 0 Å². The number of benzene rings is 4. The third kappa shape index (κ3) is 4.89. The Morgan fingerprint density at radius 2 is 0.947 bits per heavy atom. The number of hydrogen-bond acceptors (Lipinski definition) is 4. The van der Waals surface area contributed by atoms with Crippen LogP contribution in [0.4, 0.5) is 0 Å². The molecule has 0 spiro atoms. The van der Waals surface area contributed by atoms with Gasteiger partial charge in [0.15, 0.2) is 0 Å². The fraction of sp³-hybridized carbons (Fsp3) is 0.0625. The summed E-state index contributed by atoms with van der Waals surface area (Å²) < 4.78 is 14.8. The first kappa shape index (κ1) is 24.6. The minimum absolute atomic E-state index is 0.334. The molecule has 6 heteroatoms. The molecule has 6 aromatic rings. The van der Waals surface area contributed by atoms with Crippen LogP contribution in [-0.4, -0.2) is 9.97 Å². The van der Waals surface area contributed by atoms with Crippen LogP contribution in [0, 0.1) is 0 Å². The van der Waals surface area contributed by atoms with Crippen LogP contribution in [0.5, 0.6) is 11.5 Å². The quantitative estimate of drug-likeness (QED) is 0.177. The van der Waals surface area contributed by atoms with Gasteiger partial charge in [0.05, 0.1) is 20.3 Å². The van der Waals surface area contributed by atoms with Crippen molar-refractivity contribution in [3.8, 4) is 22.6 Å². The lowest BCUT2D eigenvalue weighted by atomic mass is 9.92. The molecule has 186 valence electrons. The van der Waals surface area contributed by atoms with Gasteiger partial charge in [0.25, 0.3) is 0 Å². The van der Waals surface area contributed by atoms with Crippen molar-refractivity contribution >= 4 is 53.4 Å². The summed E-state index contributed by atoms with van der Waals surface area (Å²) in [5.41, 5.74) is 3.62. The lowest BCUT2D eigenvalue weighted by molar-refractivity contribution is 0.296. The predicted molar refractivity (Wildman–Crippen MR) is 159 cm³/mol. The van der Waals surface area contributed by atoms with Gasteiger partial charge in [0.1, 0.15) is 24.7 Å². The van der Waals surface area contributed by atoms with Gasteiger partial charge in [0, 0.05) is 23.5 Å². The molecule has 2 aromatic heterocycles. The number of pyridine rings is 2. The maximum atomic E-state index is 6.53. The lowest BCUT2D eigenvalue weighted by Crippen LogP contribution is -2.03. The van der Waals surface area contributed by atoms with E-state index in [0.29, 0.717) is 13.2 Å². The van der Waals surface area contributed by atoms with Crippen LogP contribution in [0.25, 0.3) is 32.7 Å². The molecular weight excluding hydrogens is 604 g/mol. The van der Waals surface area contributed by atoms with Crippen molar-refractivity contribution in [2.75, 3.05) is 0 Å². The standard InChI is InChI=1S/C32H22Br2N2O2/c33-27-17-21-9-1-3-13-25(21)29(31(27)37-19-23-11-5-7-15-35-23)30-26-14-4-2-10-22(26)18-28(34)32(30)38-20-24-12-6-8-16-36-24/h1-18H,19-20H2. The average molecular weight is 626 g/mol. The van der Waals surface area contributed by atoms with Gasteiger partial charge in [-0.1, -0.05) is 60.7 Å². The average Bonchev–Trinajstić information content (AvgIpc) is 2.96. The summed E-state index contributed by atoms with van der Waals surface area (Å²) in [7, 11) is 0. The fourth-order valence-electron chi connectivity index (χ4n) is 4.63. The number of rotatable bonds is 7. The van der Waals surface area contributed by atoms with Gasteiger partial charge in [-0.2, -0.15) is 0 Å². The fourth-order valence-corrected chi connectivity index (χ4v) is 5.75. The summed E-state index contributed by atoms with van der Waals surface area (Å²) in [6.45, 7) is 0.668. The SMILES string of the molecule is Brc1cc2ccccc2c(-c2c(OCc3ccccn3)c(Br)cc3ccccc23)c1OCc1ccccn1. The van der Waals surface area contributed by atoms with Gasteiger partial charge in [0.2, 0.25) is 0 Å².